The minimum Gasteiger partial charge on any atom is -0.376 e. The fourth-order valence-corrected chi connectivity index (χ4v) is 2.20. The van der Waals surface area contributed by atoms with Gasteiger partial charge in [-0.15, -0.1) is 0 Å². The van der Waals surface area contributed by atoms with E-state index >= 15 is 0 Å². The van der Waals surface area contributed by atoms with Crippen LogP contribution in [0.3, 0.4) is 0 Å². The molecule has 0 aromatic rings. The van der Waals surface area contributed by atoms with Gasteiger partial charge in [0.05, 0.1) is 13.2 Å². The quantitative estimate of drug-likeness (QED) is 0.620. The van der Waals surface area contributed by atoms with Gasteiger partial charge in [-0.3, -0.25) is 0 Å². The van der Waals surface area contributed by atoms with E-state index in [0.717, 1.165) is 0 Å². The third kappa shape index (κ3) is 1.21. The summed E-state index contributed by atoms with van der Waals surface area (Å²) in [5.41, 5.74) is -0.324. The first-order valence-corrected chi connectivity index (χ1v) is 4.53. The summed E-state index contributed by atoms with van der Waals surface area (Å²) in [7, 11) is 3.37. The predicted molar refractivity (Wildman–Crippen MR) is 45.7 cm³/mol. The first-order chi connectivity index (χ1) is 6.22. The van der Waals surface area contributed by atoms with Crippen molar-refractivity contribution in [1.29, 1.82) is 0 Å². The molecule has 2 rings (SSSR count). The van der Waals surface area contributed by atoms with E-state index in [2.05, 4.69) is 0 Å². The van der Waals surface area contributed by atoms with Crippen molar-refractivity contribution in [2.75, 3.05) is 27.4 Å². The van der Waals surface area contributed by atoms with Gasteiger partial charge in [-0.05, 0) is 6.92 Å². The van der Waals surface area contributed by atoms with E-state index in [1.807, 2.05) is 6.92 Å². The molecule has 4 heteroatoms. The number of hydrogen-bond acceptors (Lipinski definition) is 4. The Morgan fingerprint density at radius 3 is 2.62 bits per heavy atom. The molecule has 0 spiro atoms. The van der Waals surface area contributed by atoms with E-state index in [1.54, 1.807) is 14.2 Å². The molecule has 0 amide bonds. The third-order valence-electron chi connectivity index (χ3n) is 3.11. The molecule has 0 aliphatic carbocycles. The van der Waals surface area contributed by atoms with Crippen molar-refractivity contribution in [1.82, 2.24) is 0 Å². The lowest BCUT2D eigenvalue weighted by Gasteiger charge is -2.27. The third-order valence-corrected chi connectivity index (χ3v) is 3.11. The van der Waals surface area contributed by atoms with E-state index in [-0.39, 0.29) is 23.9 Å². The minimum absolute atomic E-state index is 0.0162. The van der Waals surface area contributed by atoms with E-state index < -0.39 is 0 Å². The number of methoxy groups -OCH3 is 2. The fourth-order valence-electron chi connectivity index (χ4n) is 2.20. The van der Waals surface area contributed by atoms with Gasteiger partial charge in [0.15, 0.2) is 0 Å². The topological polar surface area (TPSA) is 36.9 Å². The van der Waals surface area contributed by atoms with Crippen LogP contribution in [0, 0.1) is 0 Å². The Morgan fingerprint density at radius 2 is 2.00 bits per heavy atom. The molecule has 2 fully saturated rings. The van der Waals surface area contributed by atoms with Crippen molar-refractivity contribution in [3.8, 4) is 0 Å². The maximum Gasteiger partial charge on any atom is 0.122 e. The summed E-state index contributed by atoms with van der Waals surface area (Å²) in [6.45, 7) is 3.22. The Balaban J connectivity index is 2.15. The molecule has 2 saturated heterocycles. The van der Waals surface area contributed by atoms with Crippen LogP contribution in [-0.4, -0.2) is 51.3 Å². The summed E-state index contributed by atoms with van der Waals surface area (Å²) in [5.74, 6) is 0. The van der Waals surface area contributed by atoms with Gasteiger partial charge in [0.1, 0.15) is 23.9 Å². The van der Waals surface area contributed by atoms with Crippen molar-refractivity contribution < 1.29 is 18.9 Å². The second-order valence-electron chi connectivity index (χ2n) is 3.75. The summed E-state index contributed by atoms with van der Waals surface area (Å²) in [6, 6.07) is 0. The molecule has 0 radical (unpaired) electrons. The average Bonchev–Trinajstić information content (AvgIpc) is 2.59. The number of ether oxygens (including phenoxy) is 4. The van der Waals surface area contributed by atoms with Crippen LogP contribution in [0.2, 0.25) is 0 Å². The maximum atomic E-state index is 5.70. The van der Waals surface area contributed by atoms with Gasteiger partial charge in [-0.2, -0.15) is 0 Å². The lowest BCUT2D eigenvalue weighted by atomic mass is 9.95. The van der Waals surface area contributed by atoms with Crippen molar-refractivity contribution in [3.05, 3.63) is 0 Å². The van der Waals surface area contributed by atoms with Gasteiger partial charge in [0.25, 0.3) is 0 Å². The molecule has 2 aliphatic rings. The van der Waals surface area contributed by atoms with Gasteiger partial charge in [0.2, 0.25) is 0 Å². The van der Waals surface area contributed by atoms with E-state index in [1.165, 1.54) is 0 Å². The molecule has 2 heterocycles. The number of rotatable bonds is 2. The van der Waals surface area contributed by atoms with Crippen LogP contribution >= 0.6 is 0 Å². The van der Waals surface area contributed by atoms with Crippen LogP contribution in [0.25, 0.3) is 0 Å². The largest absolute Gasteiger partial charge is 0.376 e. The molecular formula is C9H16O4. The molecule has 13 heavy (non-hydrogen) atoms. The van der Waals surface area contributed by atoms with Gasteiger partial charge in [-0.25, -0.2) is 0 Å². The predicted octanol–water partition coefficient (Wildman–Crippen LogP) is 0.204. The fraction of sp³-hybridized carbons (Fsp3) is 1.00. The maximum absolute atomic E-state index is 5.70. The summed E-state index contributed by atoms with van der Waals surface area (Å²) in [4.78, 5) is 0. The summed E-state index contributed by atoms with van der Waals surface area (Å²) >= 11 is 0. The molecule has 76 valence electrons. The van der Waals surface area contributed by atoms with Crippen LogP contribution in [0.15, 0.2) is 0 Å². The van der Waals surface area contributed by atoms with E-state index in [4.69, 9.17) is 18.9 Å². The highest BCUT2D eigenvalue weighted by atomic mass is 16.6. The molecule has 2 aliphatic heterocycles. The molecule has 0 bridgehead atoms. The van der Waals surface area contributed by atoms with Gasteiger partial charge < -0.3 is 18.9 Å². The normalized spacial score (nSPS) is 49.6. The Kier molecular flexibility index (Phi) is 2.32. The number of fused-ring (bicyclic) bond motifs is 1. The van der Waals surface area contributed by atoms with Crippen molar-refractivity contribution >= 4 is 0 Å². The zero-order valence-electron chi connectivity index (χ0n) is 8.28. The highest BCUT2D eigenvalue weighted by Gasteiger charge is 2.57. The lowest BCUT2D eigenvalue weighted by Crippen LogP contribution is -2.45. The Bertz CT molecular complexity index is 196. The first-order valence-electron chi connectivity index (χ1n) is 4.53. The second kappa shape index (κ2) is 3.20. The average molecular weight is 188 g/mol. The van der Waals surface area contributed by atoms with Crippen LogP contribution in [0.1, 0.15) is 6.92 Å². The van der Waals surface area contributed by atoms with Crippen LogP contribution in [-0.2, 0) is 18.9 Å². The molecule has 0 aromatic carbocycles. The smallest absolute Gasteiger partial charge is 0.122 e. The van der Waals surface area contributed by atoms with E-state index in [9.17, 15) is 0 Å². The van der Waals surface area contributed by atoms with Crippen molar-refractivity contribution in [2.45, 2.75) is 30.8 Å². The molecule has 4 atom stereocenters. The Morgan fingerprint density at radius 1 is 1.23 bits per heavy atom. The molecule has 0 aromatic heterocycles. The van der Waals surface area contributed by atoms with Crippen LogP contribution in [0.4, 0.5) is 0 Å². The second-order valence-corrected chi connectivity index (χ2v) is 3.75. The Labute approximate surface area is 78.1 Å². The summed E-state index contributed by atoms with van der Waals surface area (Å²) in [6.07, 6.45) is 0.0882. The lowest BCUT2D eigenvalue weighted by molar-refractivity contribution is -0.0774. The minimum atomic E-state index is -0.324. The van der Waals surface area contributed by atoms with Crippen molar-refractivity contribution in [2.24, 2.45) is 0 Å². The molecule has 4 nitrogen and oxygen atoms in total. The van der Waals surface area contributed by atoms with Gasteiger partial charge in [0, 0.05) is 14.2 Å². The molecule has 0 saturated carbocycles. The zero-order valence-corrected chi connectivity index (χ0v) is 8.28. The number of hydrogen-bond donors (Lipinski definition) is 0. The summed E-state index contributed by atoms with van der Waals surface area (Å²) < 4.78 is 21.9. The molecule has 0 N–H and O–H groups in total. The SMILES string of the molecule is CO[C@H]1CO[C@@]2(C)[C@@H](OC)CO[C@@H]12. The molecule has 0 unspecified atom stereocenters. The highest BCUT2D eigenvalue weighted by Crippen LogP contribution is 2.39. The van der Waals surface area contributed by atoms with Crippen LogP contribution in [0.5, 0.6) is 0 Å². The zero-order chi connectivity index (χ0) is 9.47. The standard InChI is InChI=1S/C9H16O4/c1-9-7(11-3)5-12-8(9)6(10-2)4-13-9/h6-8H,4-5H2,1-3H3/t6-,7-,8-,9-/m0/s1. The monoisotopic (exact) mass is 188 g/mol. The van der Waals surface area contributed by atoms with Crippen molar-refractivity contribution in [3.63, 3.8) is 0 Å². The van der Waals surface area contributed by atoms with Gasteiger partial charge in [-0.1, -0.05) is 0 Å². The first kappa shape index (κ1) is 9.40. The highest BCUT2D eigenvalue weighted by molar-refractivity contribution is 5.05. The van der Waals surface area contributed by atoms with Crippen LogP contribution < -0.4 is 0 Å². The van der Waals surface area contributed by atoms with Gasteiger partial charge >= 0.3 is 0 Å². The summed E-state index contributed by atoms with van der Waals surface area (Å²) in [5, 5.41) is 0. The molecular weight excluding hydrogens is 172 g/mol. The van der Waals surface area contributed by atoms with E-state index in [0.29, 0.717) is 13.2 Å². The Hall–Kier alpha value is -0.160.